The Hall–Kier alpha value is -0.800. The van der Waals surface area contributed by atoms with E-state index in [0.29, 0.717) is 0 Å². The second kappa shape index (κ2) is 2.61. The van der Waals surface area contributed by atoms with Crippen LogP contribution < -0.4 is 5.73 Å². The van der Waals surface area contributed by atoms with Gasteiger partial charge in [-0.1, -0.05) is 22.0 Å². The zero-order chi connectivity index (χ0) is 9.76. The van der Waals surface area contributed by atoms with Crippen molar-refractivity contribution >= 4 is 26.8 Å². The first-order chi connectivity index (χ1) is 6.67. The van der Waals surface area contributed by atoms with Crippen LogP contribution in [0.2, 0.25) is 0 Å². The van der Waals surface area contributed by atoms with Crippen LogP contribution in [0.1, 0.15) is 18.5 Å². The lowest BCUT2D eigenvalue weighted by Crippen LogP contribution is -2.18. The Morgan fingerprint density at radius 2 is 2.07 bits per heavy atom. The van der Waals surface area contributed by atoms with Gasteiger partial charge in [0.1, 0.15) is 0 Å². The highest BCUT2D eigenvalue weighted by Gasteiger charge is 2.41. The van der Waals surface area contributed by atoms with Gasteiger partial charge in [0.25, 0.3) is 0 Å². The predicted molar refractivity (Wildman–Crippen MR) is 61.1 cm³/mol. The first-order valence-corrected chi connectivity index (χ1v) is 5.54. The number of aromatic amines is 1. The molecule has 0 unspecified atom stereocenters. The lowest BCUT2D eigenvalue weighted by molar-refractivity contribution is 0.717. The third kappa shape index (κ3) is 1.20. The molecule has 0 amide bonds. The summed E-state index contributed by atoms with van der Waals surface area (Å²) in [6, 6.07) is 8.40. The molecule has 0 spiro atoms. The van der Waals surface area contributed by atoms with Crippen LogP contribution in [0.15, 0.2) is 28.7 Å². The van der Waals surface area contributed by atoms with Crippen LogP contribution in [0, 0.1) is 0 Å². The summed E-state index contributed by atoms with van der Waals surface area (Å²) in [5.74, 6) is 0. The molecule has 0 radical (unpaired) electrons. The number of hydrogen-bond donors (Lipinski definition) is 2. The maximum atomic E-state index is 6.13. The molecule has 1 saturated carbocycles. The first kappa shape index (κ1) is 8.50. The second-order valence-corrected chi connectivity index (χ2v) is 4.99. The van der Waals surface area contributed by atoms with E-state index < -0.39 is 0 Å². The molecule has 1 aromatic carbocycles. The van der Waals surface area contributed by atoms with Gasteiger partial charge in [-0.2, -0.15) is 0 Å². The highest BCUT2D eigenvalue weighted by Crippen LogP contribution is 2.43. The number of rotatable bonds is 1. The third-order valence-electron chi connectivity index (χ3n) is 2.91. The van der Waals surface area contributed by atoms with Crippen LogP contribution in [0.25, 0.3) is 10.9 Å². The normalized spacial score (nSPS) is 18.7. The fourth-order valence-corrected chi connectivity index (χ4v) is 2.13. The molecule has 1 aromatic heterocycles. The second-order valence-electron chi connectivity index (χ2n) is 4.07. The zero-order valence-electron chi connectivity index (χ0n) is 7.68. The van der Waals surface area contributed by atoms with Gasteiger partial charge in [-0.25, -0.2) is 0 Å². The lowest BCUT2D eigenvalue weighted by atomic mass is 10.2. The Kier molecular flexibility index (Phi) is 1.59. The Morgan fingerprint density at radius 1 is 1.29 bits per heavy atom. The molecule has 1 aliphatic carbocycles. The average Bonchev–Trinajstić information content (AvgIpc) is 2.77. The average molecular weight is 251 g/mol. The van der Waals surface area contributed by atoms with Crippen molar-refractivity contribution in [3.05, 3.63) is 34.4 Å². The number of H-pyrrole nitrogens is 1. The number of nitrogens with one attached hydrogen (secondary N) is 1. The van der Waals surface area contributed by atoms with Crippen LogP contribution in [-0.4, -0.2) is 4.98 Å². The Morgan fingerprint density at radius 3 is 2.79 bits per heavy atom. The van der Waals surface area contributed by atoms with E-state index in [1.807, 2.05) is 0 Å². The standard InChI is InChI=1S/C11H11BrN2/c12-8-2-1-7-5-10(11(13)3-4-11)14-9(7)6-8/h1-2,5-6,14H,3-4,13H2. The number of benzene rings is 1. The van der Waals surface area contributed by atoms with Crippen molar-refractivity contribution in [3.63, 3.8) is 0 Å². The molecule has 0 aliphatic heterocycles. The van der Waals surface area contributed by atoms with Gasteiger partial charge in [0, 0.05) is 15.7 Å². The minimum Gasteiger partial charge on any atom is -0.357 e. The number of nitrogens with two attached hydrogens (primary N) is 1. The summed E-state index contributed by atoms with van der Waals surface area (Å²) in [6.07, 6.45) is 2.20. The highest BCUT2D eigenvalue weighted by molar-refractivity contribution is 9.10. The van der Waals surface area contributed by atoms with E-state index >= 15 is 0 Å². The van der Waals surface area contributed by atoms with Gasteiger partial charge in [-0.15, -0.1) is 0 Å². The fraction of sp³-hybridized carbons (Fsp3) is 0.273. The number of aromatic nitrogens is 1. The number of hydrogen-bond acceptors (Lipinski definition) is 1. The summed E-state index contributed by atoms with van der Waals surface area (Å²) in [6.45, 7) is 0. The third-order valence-corrected chi connectivity index (χ3v) is 3.40. The smallest absolute Gasteiger partial charge is 0.0563 e. The summed E-state index contributed by atoms with van der Waals surface area (Å²) in [7, 11) is 0. The fourth-order valence-electron chi connectivity index (χ4n) is 1.77. The molecule has 1 heterocycles. The van der Waals surface area contributed by atoms with Crippen LogP contribution >= 0.6 is 15.9 Å². The maximum Gasteiger partial charge on any atom is 0.0563 e. The van der Waals surface area contributed by atoms with Gasteiger partial charge < -0.3 is 10.7 Å². The summed E-state index contributed by atoms with van der Waals surface area (Å²) in [5.41, 5.74) is 8.39. The SMILES string of the molecule is NC1(c2cc3ccc(Br)cc3[nH]2)CC1. The molecule has 1 fully saturated rings. The van der Waals surface area contributed by atoms with E-state index in [4.69, 9.17) is 5.73 Å². The summed E-state index contributed by atoms with van der Waals surface area (Å²) < 4.78 is 1.10. The largest absolute Gasteiger partial charge is 0.357 e. The van der Waals surface area contributed by atoms with E-state index in [2.05, 4.69) is 45.2 Å². The molecule has 0 bridgehead atoms. The van der Waals surface area contributed by atoms with E-state index in [0.717, 1.165) is 22.8 Å². The summed E-state index contributed by atoms with van der Waals surface area (Å²) >= 11 is 3.46. The van der Waals surface area contributed by atoms with Crippen LogP contribution in [0.3, 0.4) is 0 Å². The van der Waals surface area contributed by atoms with Crippen molar-refractivity contribution in [2.45, 2.75) is 18.4 Å². The molecule has 14 heavy (non-hydrogen) atoms. The van der Waals surface area contributed by atoms with E-state index in [9.17, 15) is 0 Å². The van der Waals surface area contributed by atoms with Crippen molar-refractivity contribution in [2.75, 3.05) is 0 Å². The molecule has 3 heteroatoms. The van der Waals surface area contributed by atoms with Crippen molar-refractivity contribution in [1.82, 2.24) is 4.98 Å². The first-order valence-electron chi connectivity index (χ1n) is 4.75. The van der Waals surface area contributed by atoms with E-state index in [-0.39, 0.29) is 5.54 Å². The van der Waals surface area contributed by atoms with Crippen molar-refractivity contribution in [1.29, 1.82) is 0 Å². The minimum atomic E-state index is -0.0640. The van der Waals surface area contributed by atoms with Crippen LogP contribution in [0.4, 0.5) is 0 Å². The van der Waals surface area contributed by atoms with Crippen LogP contribution in [0.5, 0.6) is 0 Å². The molecule has 2 aromatic rings. The Bertz CT molecular complexity index is 497. The molecule has 0 saturated heterocycles. The van der Waals surface area contributed by atoms with Gasteiger partial charge in [-0.05, 0) is 36.4 Å². The van der Waals surface area contributed by atoms with Gasteiger partial charge in [0.2, 0.25) is 0 Å². The minimum absolute atomic E-state index is 0.0640. The Labute approximate surface area is 90.6 Å². The summed E-state index contributed by atoms with van der Waals surface area (Å²) in [5, 5.41) is 1.24. The van der Waals surface area contributed by atoms with Crippen LogP contribution in [-0.2, 0) is 5.54 Å². The zero-order valence-corrected chi connectivity index (χ0v) is 9.26. The highest BCUT2D eigenvalue weighted by atomic mass is 79.9. The van der Waals surface area contributed by atoms with Gasteiger partial charge in [0.05, 0.1) is 5.54 Å². The summed E-state index contributed by atoms with van der Waals surface area (Å²) in [4.78, 5) is 3.38. The molecule has 3 N–H and O–H groups in total. The molecule has 1 aliphatic rings. The maximum absolute atomic E-state index is 6.13. The van der Waals surface area contributed by atoms with Gasteiger partial charge in [-0.3, -0.25) is 0 Å². The van der Waals surface area contributed by atoms with Crippen molar-refractivity contribution in [3.8, 4) is 0 Å². The van der Waals surface area contributed by atoms with Gasteiger partial charge in [0.15, 0.2) is 0 Å². The number of fused-ring (bicyclic) bond motifs is 1. The van der Waals surface area contributed by atoms with E-state index in [1.54, 1.807) is 0 Å². The molecular weight excluding hydrogens is 240 g/mol. The number of halogens is 1. The quantitative estimate of drug-likeness (QED) is 0.803. The predicted octanol–water partition coefficient (Wildman–Crippen LogP) is 2.88. The van der Waals surface area contributed by atoms with Crippen molar-refractivity contribution < 1.29 is 0 Å². The molecule has 2 nitrogen and oxygen atoms in total. The van der Waals surface area contributed by atoms with Crippen molar-refractivity contribution in [2.24, 2.45) is 5.73 Å². The Balaban J connectivity index is 2.20. The molecule has 0 atom stereocenters. The molecule has 72 valence electrons. The topological polar surface area (TPSA) is 41.8 Å². The van der Waals surface area contributed by atoms with Gasteiger partial charge >= 0.3 is 0 Å². The molecular formula is C11H11BrN2. The lowest BCUT2D eigenvalue weighted by Gasteiger charge is -2.03. The molecule has 3 rings (SSSR count). The van der Waals surface area contributed by atoms with E-state index in [1.165, 1.54) is 11.1 Å². The monoisotopic (exact) mass is 250 g/mol.